The van der Waals surface area contributed by atoms with E-state index in [1.807, 2.05) is 0 Å². The smallest absolute Gasteiger partial charge is 0.247 e. The summed E-state index contributed by atoms with van der Waals surface area (Å²) in [5, 5.41) is 9.46. The Morgan fingerprint density at radius 3 is 2.35 bits per heavy atom. The second-order valence-corrected chi connectivity index (χ2v) is 7.76. The fourth-order valence-corrected chi connectivity index (χ4v) is 4.88. The van der Waals surface area contributed by atoms with E-state index in [0.29, 0.717) is 29.5 Å². The molecule has 0 bridgehead atoms. The number of hydrogen-bond acceptors (Lipinski definition) is 4. The van der Waals surface area contributed by atoms with Crippen LogP contribution in [0.4, 0.5) is 0 Å². The van der Waals surface area contributed by atoms with Gasteiger partial charge in [0.05, 0.1) is 6.61 Å². The highest BCUT2D eigenvalue weighted by Crippen LogP contribution is 2.40. The number of furan rings is 1. The van der Waals surface area contributed by atoms with Crippen molar-refractivity contribution in [2.45, 2.75) is 57.1 Å². The van der Waals surface area contributed by atoms with Gasteiger partial charge in [0.15, 0.2) is 0 Å². The summed E-state index contributed by atoms with van der Waals surface area (Å²) < 4.78 is 33.0. The minimum absolute atomic E-state index is 0.141. The van der Waals surface area contributed by atoms with Crippen LogP contribution in [-0.2, 0) is 16.6 Å². The van der Waals surface area contributed by atoms with Crippen molar-refractivity contribution in [3.05, 3.63) is 17.1 Å². The van der Waals surface area contributed by atoms with Crippen molar-refractivity contribution >= 4 is 10.0 Å². The Bertz CT molecular complexity index is 611. The molecule has 1 heterocycles. The van der Waals surface area contributed by atoms with Gasteiger partial charge in [0.1, 0.15) is 16.4 Å². The number of aliphatic hydroxyl groups is 1. The van der Waals surface area contributed by atoms with Gasteiger partial charge in [-0.1, -0.05) is 0 Å². The van der Waals surface area contributed by atoms with Crippen molar-refractivity contribution in [3.8, 4) is 0 Å². The second kappa shape index (κ2) is 4.86. The summed E-state index contributed by atoms with van der Waals surface area (Å²) >= 11 is 0. The molecular weight excluding hydrogens is 278 g/mol. The molecule has 112 valence electrons. The lowest BCUT2D eigenvalue weighted by Crippen LogP contribution is -2.35. The largest absolute Gasteiger partial charge is 0.465 e. The molecule has 6 heteroatoms. The first-order valence-corrected chi connectivity index (χ1v) is 8.60. The fraction of sp³-hybridized carbons (Fsp3) is 0.714. The molecule has 2 fully saturated rings. The Labute approximate surface area is 119 Å². The molecule has 0 aliphatic heterocycles. The van der Waals surface area contributed by atoms with E-state index in [4.69, 9.17) is 4.42 Å². The third-order valence-corrected chi connectivity index (χ3v) is 6.25. The molecule has 0 spiro atoms. The highest BCUT2D eigenvalue weighted by molar-refractivity contribution is 7.89. The third kappa shape index (κ3) is 2.40. The molecule has 2 saturated carbocycles. The number of aliphatic hydroxyl groups excluding tert-OH is 1. The lowest BCUT2D eigenvalue weighted by molar-refractivity contribution is 0.276. The zero-order valence-electron chi connectivity index (χ0n) is 11.9. The lowest BCUT2D eigenvalue weighted by Gasteiger charge is -2.22. The third-order valence-electron chi connectivity index (χ3n) is 4.14. The number of rotatable bonds is 6. The molecule has 0 saturated heterocycles. The zero-order valence-corrected chi connectivity index (χ0v) is 12.7. The molecule has 0 amide bonds. The average molecular weight is 299 g/mol. The van der Waals surface area contributed by atoms with Gasteiger partial charge in [-0.15, -0.1) is 0 Å². The Kier molecular flexibility index (Phi) is 3.43. The number of sulfonamides is 1. The zero-order chi connectivity index (χ0) is 14.5. The van der Waals surface area contributed by atoms with Gasteiger partial charge in [-0.2, -0.15) is 4.31 Å². The monoisotopic (exact) mass is 299 g/mol. The number of nitrogens with zero attached hydrogens (tertiary/aromatic N) is 1. The van der Waals surface area contributed by atoms with Crippen molar-refractivity contribution in [2.24, 2.45) is 5.92 Å². The van der Waals surface area contributed by atoms with Crippen LogP contribution >= 0.6 is 0 Å². The summed E-state index contributed by atoms with van der Waals surface area (Å²) in [6.45, 7) is 3.66. The summed E-state index contributed by atoms with van der Waals surface area (Å²) in [5.74, 6) is 1.38. The van der Waals surface area contributed by atoms with Gasteiger partial charge < -0.3 is 9.52 Å². The maximum atomic E-state index is 12.9. The predicted molar refractivity (Wildman–Crippen MR) is 73.7 cm³/mol. The van der Waals surface area contributed by atoms with Crippen LogP contribution < -0.4 is 0 Å². The van der Waals surface area contributed by atoms with Crippen LogP contribution in [-0.4, -0.2) is 30.4 Å². The SMILES string of the molecule is Cc1oc(C)c(S(=O)(=O)N(CC2CC2)C2CC2)c1CO. The van der Waals surface area contributed by atoms with E-state index in [0.717, 1.165) is 25.7 Å². The molecule has 0 aromatic carbocycles. The molecule has 20 heavy (non-hydrogen) atoms. The highest BCUT2D eigenvalue weighted by atomic mass is 32.2. The van der Waals surface area contributed by atoms with Gasteiger partial charge in [0, 0.05) is 18.2 Å². The van der Waals surface area contributed by atoms with E-state index in [1.165, 1.54) is 0 Å². The summed E-state index contributed by atoms with van der Waals surface area (Å²) in [6, 6.07) is 0.141. The van der Waals surface area contributed by atoms with Crippen molar-refractivity contribution in [2.75, 3.05) is 6.54 Å². The molecular formula is C14H21NO4S. The Morgan fingerprint density at radius 2 is 1.85 bits per heavy atom. The van der Waals surface area contributed by atoms with Gasteiger partial charge in [0.25, 0.3) is 0 Å². The molecule has 3 rings (SSSR count). The van der Waals surface area contributed by atoms with E-state index in [9.17, 15) is 13.5 Å². The quantitative estimate of drug-likeness (QED) is 0.871. The highest BCUT2D eigenvalue weighted by Gasteiger charge is 2.43. The van der Waals surface area contributed by atoms with E-state index in [2.05, 4.69) is 0 Å². The molecule has 0 atom stereocenters. The summed E-state index contributed by atoms with van der Waals surface area (Å²) in [6.07, 6.45) is 4.12. The molecule has 0 unspecified atom stereocenters. The molecule has 5 nitrogen and oxygen atoms in total. The Morgan fingerprint density at radius 1 is 1.20 bits per heavy atom. The van der Waals surface area contributed by atoms with E-state index < -0.39 is 10.0 Å². The normalized spacial score (nSPS) is 19.8. The first-order valence-electron chi connectivity index (χ1n) is 7.16. The lowest BCUT2D eigenvalue weighted by atomic mass is 10.2. The van der Waals surface area contributed by atoms with Crippen LogP contribution in [0, 0.1) is 19.8 Å². The van der Waals surface area contributed by atoms with Crippen LogP contribution in [0.1, 0.15) is 42.8 Å². The van der Waals surface area contributed by atoms with Crippen LogP contribution in [0.3, 0.4) is 0 Å². The van der Waals surface area contributed by atoms with Gasteiger partial charge in [-0.25, -0.2) is 8.42 Å². The summed E-state index contributed by atoms with van der Waals surface area (Å²) in [4.78, 5) is 0.185. The molecule has 0 radical (unpaired) electrons. The minimum atomic E-state index is -3.57. The van der Waals surface area contributed by atoms with E-state index in [-0.39, 0.29) is 17.5 Å². The molecule has 1 aromatic heterocycles. The standard InChI is InChI=1S/C14H21NO4S/c1-9-13(8-16)14(10(2)19-9)20(17,18)15(12-5-6-12)7-11-3-4-11/h11-12,16H,3-8H2,1-2H3. The van der Waals surface area contributed by atoms with Crippen molar-refractivity contribution in [1.82, 2.24) is 4.31 Å². The van der Waals surface area contributed by atoms with E-state index in [1.54, 1.807) is 18.2 Å². The van der Waals surface area contributed by atoms with Gasteiger partial charge in [0.2, 0.25) is 10.0 Å². The molecule has 2 aliphatic rings. The van der Waals surface area contributed by atoms with Crippen LogP contribution in [0.25, 0.3) is 0 Å². The molecule has 1 aromatic rings. The average Bonchev–Trinajstić information content (AvgIpc) is 3.24. The van der Waals surface area contributed by atoms with Crippen molar-refractivity contribution in [1.29, 1.82) is 0 Å². The van der Waals surface area contributed by atoms with Gasteiger partial charge >= 0.3 is 0 Å². The van der Waals surface area contributed by atoms with Gasteiger partial charge in [-0.05, 0) is 45.4 Å². The van der Waals surface area contributed by atoms with Crippen LogP contribution in [0.15, 0.2) is 9.31 Å². The van der Waals surface area contributed by atoms with E-state index >= 15 is 0 Å². The predicted octanol–water partition coefficient (Wildman–Crippen LogP) is 1.95. The maximum absolute atomic E-state index is 12.9. The Hall–Kier alpha value is -0.850. The number of hydrogen-bond donors (Lipinski definition) is 1. The van der Waals surface area contributed by atoms with Crippen molar-refractivity contribution in [3.63, 3.8) is 0 Å². The molecule has 1 N–H and O–H groups in total. The van der Waals surface area contributed by atoms with Crippen LogP contribution in [0.2, 0.25) is 0 Å². The second-order valence-electron chi connectivity index (χ2n) is 5.93. The van der Waals surface area contributed by atoms with Crippen LogP contribution in [0.5, 0.6) is 0 Å². The first kappa shape index (κ1) is 14.1. The number of aryl methyl sites for hydroxylation is 2. The summed E-state index contributed by atoms with van der Waals surface area (Å²) in [5.41, 5.74) is 0.406. The fourth-order valence-electron chi connectivity index (χ4n) is 2.71. The first-order chi connectivity index (χ1) is 9.45. The van der Waals surface area contributed by atoms with Gasteiger partial charge in [-0.3, -0.25) is 0 Å². The van der Waals surface area contributed by atoms with Crippen molar-refractivity contribution < 1.29 is 17.9 Å². The summed E-state index contributed by atoms with van der Waals surface area (Å²) in [7, 11) is -3.57. The topological polar surface area (TPSA) is 70.8 Å². The Balaban J connectivity index is 2.01. The molecule has 2 aliphatic carbocycles. The maximum Gasteiger partial charge on any atom is 0.247 e. The minimum Gasteiger partial charge on any atom is -0.465 e.